The minimum atomic E-state index is -1.24. The number of aliphatic hydroxyl groups is 1. The van der Waals surface area contributed by atoms with Crippen LogP contribution in [0.25, 0.3) is 0 Å². The summed E-state index contributed by atoms with van der Waals surface area (Å²) in [6.07, 6.45) is -1.39. The molecule has 4 aromatic carbocycles. The first-order chi connectivity index (χ1) is 23.1. The van der Waals surface area contributed by atoms with Crippen LogP contribution in [0.1, 0.15) is 43.0 Å². The molecule has 4 aromatic rings. The average Bonchev–Trinajstić information content (AvgIpc) is 3.08. The van der Waals surface area contributed by atoms with Crippen LogP contribution >= 0.6 is 0 Å². The van der Waals surface area contributed by atoms with E-state index in [1.807, 2.05) is 91.0 Å². The molecule has 1 saturated heterocycles. The fourth-order valence-corrected chi connectivity index (χ4v) is 6.22. The molecule has 3 atom stereocenters. The quantitative estimate of drug-likeness (QED) is 0.194. The first-order valence-corrected chi connectivity index (χ1v) is 16.6. The van der Waals surface area contributed by atoms with E-state index in [9.17, 15) is 14.7 Å². The molecule has 1 fully saturated rings. The molecule has 2 amide bonds. The summed E-state index contributed by atoms with van der Waals surface area (Å²) in [4.78, 5) is 33.7. The number of rotatable bonds is 12. The van der Waals surface area contributed by atoms with Gasteiger partial charge in [-0.2, -0.15) is 0 Å². The van der Waals surface area contributed by atoms with Gasteiger partial charge in [0.1, 0.15) is 17.4 Å². The van der Waals surface area contributed by atoms with Crippen molar-refractivity contribution in [3.05, 3.63) is 138 Å². The highest BCUT2D eigenvalue weighted by Crippen LogP contribution is 2.28. The summed E-state index contributed by atoms with van der Waals surface area (Å²) < 4.78 is 11.1. The number of amides is 2. The van der Waals surface area contributed by atoms with Gasteiger partial charge in [-0.3, -0.25) is 14.6 Å². The highest BCUT2D eigenvalue weighted by Gasteiger charge is 2.47. The maximum atomic E-state index is 14.5. The second-order valence-electron chi connectivity index (χ2n) is 13.4. The van der Waals surface area contributed by atoms with Crippen molar-refractivity contribution in [2.45, 2.75) is 70.6 Å². The van der Waals surface area contributed by atoms with Gasteiger partial charge in [0, 0.05) is 38.8 Å². The molecule has 252 valence electrons. The molecule has 8 heteroatoms. The van der Waals surface area contributed by atoms with Gasteiger partial charge in [-0.15, -0.1) is 0 Å². The van der Waals surface area contributed by atoms with Crippen LogP contribution in [0, 0.1) is 0 Å². The number of methoxy groups -OCH3 is 1. The first kappa shape index (κ1) is 34.7. The van der Waals surface area contributed by atoms with Crippen LogP contribution in [0.4, 0.5) is 4.79 Å². The summed E-state index contributed by atoms with van der Waals surface area (Å²) >= 11 is 0. The molecule has 0 aliphatic carbocycles. The van der Waals surface area contributed by atoms with Gasteiger partial charge in [0.15, 0.2) is 0 Å². The van der Waals surface area contributed by atoms with Crippen LogP contribution in [0.2, 0.25) is 0 Å². The molecular weight excluding hydrogens is 602 g/mol. The molecule has 0 spiro atoms. The molecule has 0 saturated carbocycles. The number of piperazine rings is 1. The van der Waals surface area contributed by atoms with Gasteiger partial charge in [-0.05, 0) is 61.6 Å². The zero-order chi connectivity index (χ0) is 34.1. The van der Waals surface area contributed by atoms with E-state index in [1.54, 1.807) is 32.8 Å². The Morgan fingerprint density at radius 2 is 1.31 bits per heavy atom. The fourth-order valence-electron chi connectivity index (χ4n) is 6.22. The van der Waals surface area contributed by atoms with Crippen LogP contribution in [-0.2, 0) is 35.6 Å². The third kappa shape index (κ3) is 9.24. The van der Waals surface area contributed by atoms with Crippen LogP contribution in [0.3, 0.4) is 0 Å². The van der Waals surface area contributed by atoms with E-state index in [2.05, 4.69) is 29.2 Å². The Morgan fingerprint density at radius 3 is 1.81 bits per heavy atom. The van der Waals surface area contributed by atoms with Crippen molar-refractivity contribution in [2.24, 2.45) is 0 Å². The van der Waals surface area contributed by atoms with Gasteiger partial charge in [0.25, 0.3) is 0 Å². The molecule has 1 heterocycles. The van der Waals surface area contributed by atoms with Crippen LogP contribution in [0.5, 0.6) is 5.75 Å². The van der Waals surface area contributed by atoms with Crippen molar-refractivity contribution in [3.8, 4) is 5.75 Å². The molecule has 0 unspecified atom stereocenters. The lowest BCUT2D eigenvalue weighted by molar-refractivity contribution is -0.150. The Morgan fingerprint density at radius 1 is 0.792 bits per heavy atom. The lowest BCUT2D eigenvalue weighted by atomic mass is 9.91. The molecule has 48 heavy (non-hydrogen) atoms. The monoisotopic (exact) mass is 649 g/mol. The molecule has 0 bridgehead atoms. The number of hydrogen-bond donors (Lipinski definition) is 1. The maximum Gasteiger partial charge on any atom is 0.411 e. The Bertz CT molecular complexity index is 1550. The summed E-state index contributed by atoms with van der Waals surface area (Å²) in [6, 6.07) is 36.1. The van der Waals surface area contributed by atoms with Gasteiger partial charge in [-0.1, -0.05) is 103 Å². The zero-order valence-electron chi connectivity index (χ0n) is 28.4. The molecular formula is C40H47N3O5. The van der Waals surface area contributed by atoms with Gasteiger partial charge < -0.3 is 19.5 Å². The van der Waals surface area contributed by atoms with Crippen molar-refractivity contribution in [1.29, 1.82) is 0 Å². The molecule has 5 rings (SSSR count). The summed E-state index contributed by atoms with van der Waals surface area (Å²) in [7, 11) is 1.62. The maximum absolute atomic E-state index is 14.5. The normalized spacial score (nSPS) is 16.5. The average molecular weight is 650 g/mol. The van der Waals surface area contributed by atoms with E-state index in [0.717, 1.165) is 28.0 Å². The number of hydrogen-bond acceptors (Lipinski definition) is 6. The lowest BCUT2D eigenvalue weighted by Crippen LogP contribution is -2.66. The fraction of sp³-hybridized carbons (Fsp3) is 0.350. The highest BCUT2D eigenvalue weighted by atomic mass is 16.6. The number of nitrogens with zero attached hydrogens (tertiary/aromatic N) is 3. The van der Waals surface area contributed by atoms with E-state index in [-0.39, 0.29) is 12.5 Å². The van der Waals surface area contributed by atoms with E-state index in [0.29, 0.717) is 32.6 Å². The Labute approximate surface area is 284 Å². The standard InChI is InChI=1S/C40H47N3O5/c1-40(2,3)48-39(46)43-25-24-41(27-33-20-22-34(47-4)23-21-33)38(45)36(43)37(44)35(26-30-14-8-5-9-15-30)42(28-31-16-10-6-11-17-31)29-32-18-12-7-13-19-32/h5-23,35-37,44H,24-29H2,1-4H3/t35-,36-,37-/m0/s1. The van der Waals surface area contributed by atoms with Crippen LogP contribution in [0.15, 0.2) is 115 Å². The lowest BCUT2D eigenvalue weighted by Gasteiger charge is -2.46. The van der Waals surface area contributed by atoms with Gasteiger partial charge in [0.05, 0.1) is 13.2 Å². The van der Waals surface area contributed by atoms with E-state index < -0.39 is 29.9 Å². The molecule has 0 radical (unpaired) electrons. The number of carbonyl (C=O) groups is 2. The molecule has 1 aliphatic rings. The van der Waals surface area contributed by atoms with Crippen molar-refractivity contribution in [1.82, 2.24) is 14.7 Å². The van der Waals surface area contributed by atoms with E-state index in [4.69, 9.17) is 9.47 Å². The number of carbonyl (C=O) groups excluding carboxylic acids is 2. The first-order valence-electron chi connectivity index (χ1n) is 16.6. The third-order valence-electron chi connectivity index (χ3n) is 8.60. The minimum absolute atomic E-state index is 0.230. The predicted octanol–water partition coefficient (Wildman–Crippen LogP) is 6.32. The summed E-state index contributed by atoms with van der Waals surface area (Å²) in [5, 5.41) is 12.6. The Hall–Kier alpha value is -4.66. The molecule has 1 N–H and O–H groups in total. The van der Waals surface area contributed by atoms with Crippen LogP contribution in [-0.4, -0.2) is 75.8 Å². The third-order valence-corrected chi connectivity index (χ3v) is 8.60. The van der Waals surface area contributed by atoms with E-state index >= 15 is 0 Å². The summed E-state index contributed by atoms with van der Waals surface area (Å²) in [5.41, 5.74) is 3.34. The predicted molar refractivity (Wildman–Crippen MR) is 187 cm³/mol. The number of aliphatic hydroxyl groups excluding tert-OH is 1. The largest absolute Gasteiger partial charge is 0.497 e. The van der Waals surface area contributed by atoms with Gasteiger partial charge >= 0.3 is 6.09 Å². The van der Waals surface area contributed by atoms with Crippen molar-refractivity contribution in [3.63, 3.8) is 0 Å². The van der Waals surface area contributed by atoms with Crippen molar-refractivity contribution < 1.29 is 24.2 Å². The molecule has 1 aliphatic heterocycles. The van der Waals surface area contributed by atoms with Crippen molar-refractivity contribution in [2.75, 3.05) is 20.2 Å². The summed E-state index contributed by atoms with van der Waals surface area (Å²) in [5.74, 6) is 0.418. The smallest absolute Gasteiger partial charge is 0.411 e. The number of ether oxygens (including phenoxy) is 2. The summed E-state index contributed by atoms with van der Waals surface area (Å²) in [6.45, 7) is 7.37. The molecule has 0 aromatic heterocycles. The SMILES string of the molecule is COc1ccc(CN2CCN(C(=O)OC(C)(C)C)[C@@H]([C@@H](O)[C@H](Cc3ccccc3)N(Cc3ccccc3)Cc3ccccc3)C2=O)cc1. The topological polar surface area (TPSA) is 82.6 Å². The Balaban J connectivity index is 1.54. The zero-order valence-corrected chi connectivity index (χ0v) is 28.4. The minimum Gasteiger partial charge on any atom is -0.497 e. The van der Waals surface area contributed by atoms with Gasteiger partial charge in [-0.25, -0.2) is 4.79 Å². The van der Waals surface area contributed by atoms with Gasteiger partial charge in [0.2, 0.25) is 5.91 Å². The Kier molecular flexibility index (Phi) is 11.5. The highest BCUT2D eigenvalue weighted by molar-refractivity contribution is 5.87. The van der Waals surface area contributed by atoms with Crippen molar-refractivity contribution >= 4 is 12.0 Å². The number of benzene rings is 4. The van der Waals surface area contributed by atoms with E-state index in [1.165, 1.54) is 4.90 Å². The van der Waals surface area contributed by atoms with Crippen LogP contribution < -0.4 is 4.74 Å². The second-order valence-corrected chi connectivity index (χ2v) is 13.4. The molecule has 8 nitrogen and oxygen atoms in total. The second kappa shape index (κ2) is 16.0.